The molecule has 0 spiro atoms. The molecule has 8 heteroatoms. The highest BCUT2D eigenvalue weighted by atomic mass is 35.5. The van der Waals surface area contributed by atoms with Crippen molar-refractivity contribution in [1.82, 2.24) is 5.32 Å². The zero-order valence-electron chi connectivity index (χ0n) is 10.6. The van der Waals surface area contributed by atoms with Crippen molar-refractivity contribution in [3.63, 3.8) is 0 Å². The average Bonchev–Trinajstić information content (AvgIpc) is 2.76. The fourth-order valence-corrected chi connectivity index (χ4v) is 3.57. The first-order chi connectivity index (χ1) is 9.44. The number of hydrogen-bond donors (Lipinski definition) is 2. The number of primary amides is 1. The second kappa shape index (κ2) is 6.30. The normalized spacial score (nSPS) is 17.7. The number of nitrogens with one attached hydrogen (secondary N) is 1. The van der Waals surface area contributed by atoms with Crippen LogP contribution in [0.15, 0.2) is 6.07 Å². The van der Waals surface area contributed by atoms with Gasteiger partial charge in [-0.15, -0.1) is 11.3 Å². The number of halogens is 2. The molecule has 2 amide bonds. The third-order valence-corrected chi connectivity index (χ3v) is 4.95. The lowest BCUT2D eigenvalue weighted by Gasteiger charge is -2.34. The Morgan fingerprint density at radius 3 is 2.55 bits per heavy atom. The van der Waals surface area contributed by atoms with E-state index in [0.717, 1.165) is 11.3 Å². The molecular formula is C12H14Cl2N2O3S. The van der Waals surface area contributed by atoms with Crippen LogP contribution >= 0.6 is 34.5 Å². The van der Waals surface area contributed by atoms with Crippen molar-refractivity contribution in [2.75, 3.05) is 19.8 Å². The van der Waals surface area contributed by atoms with Crippen molar-refractivity contribution in [3.8, 4) is 0 Å². The second-order valence-electron chi connectivity index (χ2n) is 4.68. The first kappa shape index (κ1) is 15.6. The fourth-order valence-electron chi connectivity index (χ4n) is 2.11. The van der Waals surface area contributed by atoms with Gasteiger partial charge in [0.1, 0.15) is 4.34 Å². The number of nitrogens with two attached hydrogens (primary N) is 1. The van der Waals surface area contributed by atoms with Gasteiger partial charge in [-0.2, -0.15) is 0 Å². The monoisotopic (exact) mass is 336 g/mol. The molecule has 0 saturated carbocycles. The Kier molecular flexibility index (Phi) is 4.90. The predicted molar refractivity (Wildman–Crippen MR) is 78.4 cm³/mol. The van der Waals surface area contributed by atoms with E-state index in [1.165, 1.54) is 6.07 Å². The van der Waals surface area contributed by atoms with Gasteiger partial charge in [-0.1, -0.05) is 23.2 Å². The van der Waals surface area contributed by atoms with Crippen molar-refractivity contribution < 1.29 is 14.3 Å². The maximum atomic E-state index is 12.1. The van der Waals surface area contributed by atoms with Gasteiger partial charge >= 0.3 is 0 Å². The van der Waals surface area contributed by atoms with Crippen LogP contribution in [0.1, 0.15) is 23.2 Å². The molecule has 1 saturated heterocycles. The van der Waals surface area contributed by atoms with Crippen LogP contribution < -0.4 is 11.1 Å². The molecule has 0 atom stereocenters. The lowest BCUT2D eigenvalue weighted by atomic mass is 9.79. The van der Waals surface area contributed by atoms with E-state index in [9.17, 15) is 9.59 Å². The van der Waals surface area contributed by atoms with Gasteiger partial charge in [0.15, 0.2) is 0 Å². The largest absolute Gasteiger partial charge is 0.381 e. The molecule has 1 fully saturated rings. The van der Waals surface area contributed by atoms with Crippen molar-refractivity contribution in [3.05, 3.63) is 20.3 Å². The van der Waals surface area contributed by atoms with Gasteiger partial charge in [0.05, 0.1) is 15.3 Å². The maximum absolute atomic E-state index is 12.1. The summed E-state index contributed by atoms with van der Waals surface area (Å²) >= 11 is 12.8. The quantitative estimate of drug-likeness (QED) is 0.882. The van der Waals surface area contributed by atoms with Crippen molar-refractivity contribution in [1.29, 1.82) is 0 Å². The van der Waals surface area contributed by atoms with E-state index >= 15 is 0 Å². The van der Waals surface area contributed by atoms with E-state index in [1.54, 1.807) is 0 Å². The van der Waals surface area contributed by atoms with E-state index in [0.29, 0.717) is 40.3 Å². The van der Waals surface area contributed by atoms with Gasteiger partial charge in [-0.3, -0.25) is 9.59 Å². The zero-order valence-corrected chi connectivity index (χ0v) is 12.9. The molecule has 20 heavy (non-hydrogen) atoms. The summed E-state index contributed by atoms with van der Waals surface area (Å²) in [6.45, 7) is 1.10. The predicted octanol–water partition coefficient (Wildman–Crippen LogP) is 2.07. The average molecular weight is 337 g/mol. The van der Waals surface area contributed by atoms with Gasteiger partial charge in [-0.25, -0.2) is 0 Å². The van der Waals surface area contributed by atoms with Gasteiger partial charge in [0, 0.05) is 19.8 Å². The molecule has 0 aromatic carbocycles. The molecule has 2 rings (SSSR count). The minimum atomic E-state index is -0.750. The Morgan fingerprint density at radius 1 is 1.40 bits per heavy atom. The van der Waals surface area contributed by atoms with Crippen LogP contribution in [0.2, 0.25) is 8.67 Å². The molecule has 3 N–H and O–H groups in total. The van der Waals surface area contributed by atoms with Crippen LogP contribution in [-0.2, 0) is 9.53 Å². The van der Waals surface area contributed by atoms with Crippen LogP contribution in [0.5, 0.6) is 0 Å². The summed E-state index contributed by atoms with van der Waals surface area (Å²) in [5.41, 5.74) is 5.03. The number of carbonyl (C=O) groups excluding carboxylic acids is 2. The van der Waals surface area contributed by atoms with Gasteiger partial charge in [0.2, 0.25) is 5.91 Å². The van der Waals surface area contributed by atoms with E-state index in [2.05, 4.69) is 5.32 Å². The van der Waals surface area contributed by atoms with Gasteiger partial charge < -0.3 is 15.8 Å². The molecule has 0 unspecified atom stereocenters. The highest BCUT2D eigenvalue weighted by Crippen LogP contribution is 2.32. The van der Waals surface area contributed by atoms with Crippen LogP contribution in [0.4, 0.5) is 0 Å². The summed E-state index contributed by atoms with van der Waals surface area (Å²) in [7, 11) is 0. The molecule has 0 aliphatic carbocycles. The van der Waals surface area contributed by atoms with Crippen molar-refractivity contribution in [2.24, 2.45) is 11.1 Å². The molecule has 5 nitrogen and oxygen atoms in total. The molecule has 1 aliphatic heterocycles. The molecule has 110 valence electrons. The zero-order chi connectivity index (χ0) is 14.8. The molecule has 1 aliphatic rings. The minimum absolute atomic E-state index is 0.175. The Hall–Kier alpha value is -0.820. The summed E-state index contributed by atoms with van der Waals surface area (Å²) in [6.07, 6.45) is 1.00. The smallest absolute Gasteiger partial charge is 0.253 e. The van der Waals surface area contributed by atoms with Crippen LogP contribution in [0.3, 0.4) is 0 Å². The molecule has 1 aromatic heterocycles. The molecule has 0 bridgehead atoms. The first-order valence-electron chi connectivity index (χ1n) is 6.05. The second-order valence-corrected chi connectivity index (χ2v) is 6.96. The number of carbonyl (C=O) groups is 2. The van der Waals surface area contributed by atoms with Crippen LogP contribution in [-0.4, -0.2) is 31.6 Å². The summed E-state index contributed by atoms with van der Waals surface area (Å²) < 4.78 is 6.00. The number of ether oxygens (including phenoxy) is 1. The van der Waals surface area contributed by atoms with Crippen molar-refractivity contribution in [2.45, 2.75) is 12.8 Å². The molecule has 1 aromatic rings. The Balaban J connectivity index is 2.04. The Bertz CT molecular complexity index is 527. The highest BCUT2D eigenvalue weighted by molar-refractivity contribution is 7.20. The molecule has 2 heterocycles. The number of thiophene rings is 1. The lowest BCUT2D eigenvalue weighted by molar-refractivity contribution is -0.132. The fraction of sp³-hybridized carbons (Fsp3) is 0.500. The first-order valence-corrected chi connectivity index (χ1v) is 7.62. The third-order valence-electron chi connectivity index (χ3n) is 3.46. The van der Waals surface area contributed by atoms with Crippen LogP contribution in [0.25, 0.3) is 0 Å². The summed E-state index contributed by atoms with van der Waals surface area (Å²) in [5.74, 6) is -0.777. The van der Waals surface area contributed by atoms with E-state index in [-0.39, 0.29) is 12.5 Å². The SMILES string of the molecule is NC(=O)C1(CNC(=O)c2cc(Cl)sc2Cl)CCOCC1. The van der Waals surface area contributed by atoms with E-state index < -0.39 is 11.3 Å². The minimum Gasteiger partial charge on any atom is -0.381 e. The van der Waals surface area contributed by atoms with E-state index in [1.807, 2.05) is 0 Å². The third kappa shape index (κ3) is 3.25. The number of hydrogen-bond acceptors (Lipinski definition) is 4. The Labute approximate surface area is 130 Å². The molecule has 0 radical (unpaired) electrons. The highest BCUT2D eigenvalue weighted by Gasteiger charge is 2.38. The lowest BCUT2D eigenvalue weighted by Crippen LogP contribution is -2.49. The standard InChI is InChI=1S/C12H14Cl2N2O3S/c13-8-5-7(9(14)20-8)10(17)16-6-12(11(15)18)1-3-19-4-2-12/h5H,1-4,6H2,(H2,15,18)(H,16,17). The maximum Gasteiger partial charge on any atom is 0.253 e. The van der Waals surface area contributed by atoms with E-state index in [4.69, 9.17) is 33.7 Å². The Morgan fingerprint density at radius 2 is 2.05 bits per heavy atom. The van der Waals surface area contributed by atoms with Gasteiger partial charge in [0.25, 0.3) is 5.91 Å². The van der Waals surface area contributed by atoms with Crippen molar-refractivity contribution >= 4 is 46.4 Å². The summed E-state index contributed by atoms with van der Waals surface area (Å²) in [6, 6.07) is 1.50. The topological polar surface area (TPSA) is 81.4 Å². The number of amides is 2. The molecular weight excluding hydrogens is 323 g/mol. The summed E-state index contributed by atoms with van der Waals surface area (Å²) in [4.78, 5) is 23.7. The number of rotatable bonds is 4. The van der Waals surface area contributed by atoms with Gasteiger partial charge in [-0.05, 0) is 18.9 Å². The van der Waals surface area contributed by atoms with Crippen LogP contribution in [0, 0.1) is 5.41 Å². The summed E-state index contributed by atoms with van der Waals surface area (Å²) in [5, 5.41) is 2.71.